The second-order valence-corrected chi connectivity index (χ2v) is 8.77. The molecule has 1 saturated heterocycles. The van der Waals surface area contributed by atoms with Gasteiger partial charge in [-0.15, -0.1) is 0 Å². The summed E-state index contributed by atoms with van der Waals surface area (Å²) in [5, 5.41) is -0.0989. The van der Waals surface area contributed by atoms with E-state index in [1.807, 2.05) is 6.07 Å². The lowest BCUT2D eigenvalue weighted by molar-refractivity contribution is 0.314. The fourth-order valence-corrected chi connectivity index (χ4v) is 5.17. The molecule has 1 aliphatic heterocycles. The van der Waals surface area contributed by atoms with Crippen molar-refractivity contribution in [2.45, 2.75) is 43.8 Å². The summed E-state index contributed by atoms with van der Waals surface area (Å²) in [7, 11) is -3.02. The van der Waals surface area contributed by atoms with Crippen LogP contribution in [0.1, 0.15) is 43.0 Å². The van der Waals surface area contributed by atoms with Crippen LogP contribution in [0.4, 0.5) is 0 Å². The molecule has 1 aromatic heterocycles. The van der Waals surface area contributed by atoms with Crippen molar-refractivity contribution in [3.8, 4) is 0 Å². The van der Waals surface area contributed by atoms with Crippen LogP contribution in [0.3, 0.4) is 0 Å². The number of benzene rings is 1. The van der Waals surface area contributed by atoms with Gasteiger partial charge in [0.25, 0.3) is 0 Å². The maximum Gasteiger partial charge on any atom is 0.216 e. The number of sulfonamides is 1. The van der Waals surface area contributed by atoms with Crippen LogP contribution in [0.25, 0.3) is 11.0 Å². The number of nitrogens with one attached hydrogen (secondary N) is 1. The predicted octanol–water partition coefficient (Wildman–Crippen LogP) is 2.54. The van der Waals surface area contributed by atoms with Crippen molar-refractivity contribution in [2.24, 2.45) is 0 Å². The Balaban J connectivity index is 1.50. The molecule has 1 aliphatic carbocycles. The number of imidazole rings is 1. The van der Waals surface area contributed by atoms with Crippen LogP contribution in [0, 0.1) is 6.92 Å². The minimum absolute atomic E-state index is 0.0989. The number of piperidine rings is 1. The Bertz CT molecular complexity index is 800. The number of aromatic amines is 1. The van der Waals surface area contributed by atoms with Gasteiger partial charge in [-0.2, -0.15) is 0 Å². The van der Waals surface area contributed by atoms with Gasteiger partial charge in [0, 0.05) is 19.0 Å². The van der Waals surface area contributed by atoms with Crippen LogP contribution in [0.15, 0.2) is 18.2 Å². The van der Waals surface area contributed by atoms with Crippen molar-refractivity contribution in [2.75, 3.05) is 13.1 Å². The van der Waals surface area contributed by atoms with Gasteiger partial charge in [0.05, 0.1) is 16.3 Å². The first-order valence-electron chi connectivity index (χ1n) is 7.99. The van der Waals surface area contributed by atoms with Gasteiger partial charge in [0.1, 0.15) is 5.82 Å². The highest BCUT2D eigenvalue weighted by molar-refractivity contribution is 7.90. The number of aromatic nitrogens is 2. The smallest absolute Gasteiger partial charge is 0.216 e. The highest BCUT2D eigenvalue weighted by Gasteiger charge is 2.41. The Morgan fingerprint density at radius 1 is 1.18 bits per heavy atom. The first-order chi connectivity index (χ1) is 10.5. The quantitative estimate of drug-likeness (QED) is 0.945. The largest absolute Gasteiger partial charge is 0.342 e. The second-order valence-electron chi connectivity index (χ2n) is 6.56. The Hall–Kier alpha value is -1.40. The third-order valence-corrected chi connectivity index (χ3v) is 7.20. The van der Waals surface area contributed by atoms with Crippen molar-refractivity contribution in [3.05, 3.63) is 29.6 Å². The van der Waals surface area contributed by atoms with E-state index in [1.165, 1.54) is 5.56 Å². The molecule has 0 unspecified atom stereocenters. The molecular formula is C16H21N3O2S. The zero-order valence-corrected chi connectivity index (χ0v) is 13.6. The summed E-state index contributed by atoms with van der Waals surface area (Å²) in [6.45, 7) is 3.32. The summed E-state index contributed by atoms with van der Waals surface area (Å²) in [5.41, 5.74) is 3.28. The monoisotopic (exact) mass is 319 g/mol. The molecule has 0 radical (unpaired) electrons. The number of hydrogen-bond donors (Lipinski definition) is 1. The molecule has 1 N–H and O–H groups in total. The van der Waals surface area contributed by atoms with Crippen molar-refractivity contribution in [1.82, 2.24) is 14.3 Å². The number of nitrogens with zero attached hydrogens (tertiary/aromatic N) is 2. The summed E-state index contributed by atoms with van der Waals surface area (Å²) in [5.74, 6) is 1.34. The first kappa shape index (κ1) is 14.2. The Morgan fingerprint density at radius 2 is 1.91 bits per heavy atom. The van der Waals surface area contributed by atoms with E-state index in [2.05, 4.69) is 29.0 Å². The SMILES string of the molecule is Cc1ccc2nc(C3CCN(S(=O)(=O)C4CC4)CC3)[nH]c2c1. The molecule has 6 heteroatoms. The normalized spacial score (nSPS) is 21.5. The van der Waals surface area contributed by atoms with Gasteiger partial charge in [-0.25, -0.2) is 17.7 Å². The molecule has 2 aliphatic rings. The van der Waals surface area contributed by atoms with E-state index >= 15 is 0 Å². The molecule has 2 aromatic rings. The van der Waals surface area contributed by atoms with E-state index in [0.29, 0.717) is 19.0 Å². The minimum Gasteiger partial charge on any atom is -0.342 e. The molecule has 4 rings (SSSR count). The van der Waals surface area contributed by atoms with Gasteiger partial charge >= 0.3 is 0 Å². The third-order valence-electron chi connectivity index (χ3n) is 4.80. The summed E-state index contributed by atoms with van der Waals surface area (Å²) in [4.78, 5) is 8.10. The van der Waals surface area contributed by atoms with Crippen LogP contribution in [-0.2, 0) is 10.0 Å². The Labute approximate surface area is 130 Å². The number of aryl methyl sites for hydroxylation is 1. The molecule has 0 atom stereocenters. The lowest BCUT2D eigenvalue weighted by atomic mass is 9.97. The number of H-pyrrole nitrogens is 1. The average Bonchev–Trinajstić information content (AvgIpc) is 3.28. The molecule has 0 bridgehead atoms. The fraction of sp³-hybridized carbons (Fsp3) is 0.562. The predicted molar refractivity (Wildman–Crippen MR) is 86.3 cm³/mol. The number of fused-ring (bicyclic) bond motifs is 1. The summed E-state index contributed by atoms with van der Waals surface area (Å²) in [6.07, 6.45) is 3.38. The van der Waals surface area contributed by atoms with Gasteiger partial charge in [0.2, 0.25) is 10.0 Å². The van der Waals surface area contributed by atoms with Crippen molar-refractivity contribution in [1.29, 1.82) is 0 Å². The van der Waals surface area contributed by atoms with E-state index < -0.39 is 10.0 Å². The van der Waals surface area contributed by atoms with Crippen LogP contribution in [0.5, 0.6) is 0 Å². The molecule has 1 saturated carbocycles. The van der Waals surface area contributed by atoms with E-state index in [-0.39, 0.29) is 5.25 Å². The summed E-state index contributed by atoms with van der Waals surface area (Å²) < 4.78 is 26.2. The maximum atomic E-state index is 12.3. The molecule has 0 amide bonds. The number of hydrogen-bond acceptors (Lipinski definition) is 3. The summed E-state index contributed by atoms with van der Waals surface area (Å²) >= 11 is 0. The summed E-state index contributed by atoms with van der Waals surface area (Å²) in [6, 6.07) is 6.22. The van der Waals surface area contributed by atoms with E-state index in [4.69, 9.17) is 0 Å². The van der Waals surface area contributed by atoms with Gasteiger partial charge in [-0.05, 0) is 50.3 Å². The lowest BCUT2D eigenvalue weighted by Gasteiger charge is -2.30. The van der Waals surface area contributed by atoms with Crippen molar-refractivity contribution in [3.63, 3.8) is 0 Å². The second kappa shape index (κ2) is 5.06. The Kier molecular flexibility index (Phi) is 3.27. The van der Waals surface area contributed by atoms with E-state index in [9.17, 15) is 8.42 Å². The lowest BCUT2D eigenvalue weighted by Crippen LogP contribution is -2.39. The van der Waals surface area contributed by atoms with Crippen molar-refractivity contribution < 1.29 is 8.42 Å². The fourth-order valence-electron chi connectivity index (χ4n) is 3.30. The molecule has 2 fully saturated rings. The first-order valence-corrected chi connectivity index (χ1v) is 9.49. The van der Waals surface area contributed by atoms with Crippen LogP contribution < -0.4 is 0 Å². The third kappa shape index (κ3) is 2.44. The topological polar surface area (TPSA) is 66.1 Å². The zero-order chi connectivity index (χ0) is 15.3. The Morgan fingerprint density at radius 3 is 2.59 bits per heavy atom. The molecule has 22 heavy (non-hydrogen) atoms. The van der Waals surface area contributed by atoms with Gasteiger partial charge in [0.15, 0.2) is 0 Å². The molecule has 118 valence electrons. The van der Waals surface area contributed by atoms with Gasteiger partial charge < -0.3 is 4.98 Å². The van der Waals surface area contributed by atoms with E-state index in [0.717, 1.165) is 42.5 Å². The zero-order valence-electron chi connectivity index (χ0n) is 12.7. The van der Waals surface area contributed by atoms with Gasteiger partial charge in [-0.1, -0.05) is 6.07 Å². The average molecular weight is 319 g/mol. The molecule has 2 heterocycles. The molecule has 1 aromatic carbocycles. The number of rotatable bonds is 3. The standard InChI is InChI=1S/C16H21N3O2S/c1-11-2-5-14-15(10-11)18-16(17-14)12-6-8-19(9-7-12)22(20,21)13-3-4-13/h2,5,10,12-13H,3-4,6-9H2,1H3,(H,17,18). The molecular weight excluding hydrogens is 298 g/mol. The minimum atomic E-state index is -3.02. The maximum absolute atomic E-state index is 12.3. The molecule has 5 nitrogen and oxygen atoms in total. The highest BCUT2D eigenvalue weighted by atomic mass is 32.2. The van der Waals surface area contributed by atoms with Crippen LogP contribution in [-0.4, -0.2) is 41.0 Å². The molecule has 0 spiro atoms. The van der Waals surface area contributed by atoms with E-state index in [1.54, 1.807) is 4.31 Å². The highest BCUT2D eigenvalue weighted by Crippen LogP contribution is 2.35. The van der Waals surface area contributed by atoms with Crippen LogP contribution in [0.2, 0.25) is 0 Å². The van der Waals surface area contributed by atoms with Crippen LogP contribution >= 0.6 is 0 Å². The van der Waals surface area contributed by atoms with Crippen molar-refractivity contribution >= 4 is 21.1 Å². The van der Waals surface area contributed by atoms with Gasteiger partial charge in [-0.3, -0.25) is 0 Å².